The zero-order chi connectivity index (χ0) is 18.3. The minimum absolute atomic E-state index is 0.0466. The van der Waals surface area contributed by atoms with E-state index in [4.69, 9.17) is 9.15 Å². The number of benzene rings is 1. The number of hydrogen-bond donors (Lipinski definition) is 0. The quantitative estimate of drug-likeness (QED) is 0.663. The smallest absolute Gasteiger partial charge is 0.246 e. The first kappa shape index (κ1) is 17.1. The summed E-state index contributed by atoms with van der Waals surface area (Å²) in [5.41, 5.74) is 0.588. The van der Waals surface area contributed by atoms with Crippen LogP contribution in [0.25, 0.3) is 11.0 Å². The first-order chi connectivity index (χ1) is 12.5. The zero-order valence-corrected chi connectivity index (χ0v) is 15.0. The standard InChI is InChI=1S/C15H17N5O5S/c1-9(2)14-16-17-15(24-14)11-8-20(6-7-23-11)26(21,22)12-5-3-4-10-13(12)19-25-18-10/h3-5,9,11H,6-8H2,1-2H3/t11-/m0/s1. The maximum Gasteiger partial charge on any atom is 0.246 e. The molecule has 1 fully saturated rings. The molecule has 0 N–H and O–H groups in total. The van der Waals surface area contributed by atoms with Gasteiger partial charge >= 0.3 is 0 Å². The third-order valence-corrected chi connectivity index (χ3v) is 6.02. The number of hydrogen-bond acceptors (Lipinski definition) is 9. The van der Waals surface area contributed by atoms with Crippen LogP contribution in [0.3, 0.4) is 0 Å². The highest BCUT2D eigenvalue weighted by molar-refractivity contribution is 7.89. The summed E-state index contributed by atoms with van der Waals surface area (Å²) in [6.07, 6.45) is -0.617. The lowest BCUT2D eigenvalue weighted by molar-refractivity contribution is -0.0179. The van der Waals surface area contributed by atoms with Crippen molar-refractivity contribution in [2.75, 3.05) is 19.7 Å². The lowest BCUT2D eigenvalue weighted by Crippen LogP contribution is -2.42. The van der Waals surface area contributed by atoms with Crippen LogP contribution >= 0.6 is 0 Å². The maximum atomic E-state index is 13.1. The molecule has 0 amide bonds. The zero-order valence-electron chi connectivity index (χ0n) is 14.2. The third-order valence-electron chi connectivity index (χ3n) is 4.12. The average Bonchev–Trinajstić information content (AvgIpc) is 3.31. The minimum atomic E-state index is -3.81. The van der Waals surface area contributed by atoms with Gasteiger partial charge in [0.25, 0.3) is 0 Å². The highest BCUT2D eigenvalue weighted by atomic mass is 32.2. The van der Waals surface area contributed by atoms with Crippen LogP contribution in [0.15, 0.2) is 32.1 Å². The van der Waals surface area contributed by atoms with E-state index in [9.17, 15) is 8.42 Å². The van der Waals surface area contributed by atoms with E-state index in [0.717, 1.165) is 0 Å². The monoisotopic (exact) mass is 379 g/mol. The average molecular weight is 379 g/mol. The summed E-state index contributed by atoms with van der Waals surface area (Å²) in [4.78, 5) is 0.0466. The van der Waals surface area contributed by atoms with Crippen molar-refractivity contribution >= 4 is 21.1 Å². The molecule has 1 aromatic carbocycles. The van der Waals surface area contributed by atoms with E-state index in [0.29, 0.717) is 11.4 Å². The predicted molar refractivity (Wildman–Crippen MR) is 87.6 cm³/mol. The lowest BCUT2D eigenvalue weighted by atomic mass is 10.2. The van der Waals surface area contributed by atoms with Crippen LogP contribution < -0.4 is 0 Å². The Balaban J connectivity index is 1.63. The second-order valence-electron chi connectivity index (χ2n) is 6.24. The highest BCUT2D eigenvalue weighted by Gasteiger charge is 2.35. The van der Waals surface area contributed by atoms with Gasteiger partial charge in [0.2, 0.25) is 21.8 Å². The number of fused-ring (bicyclic) bond motifs is 1. The van der Waals surface area contributed by atoms with E-state index in [2.05, 4.69) is 25.1 Å². The molecule has 0 unspecified atom stereocenters. The van der Waals surface area contributed by atoms with Crippen molar-refractivity contribution in [2.24, 2.45) is 0 Å². The minimum Gasteiger partial charge on any atom is -0.422 e. The topological polar surface area (TPSA) is 124 Å². The van der Waals surface area contributed by atoms with E-state index in [1.54, 1.807) is 12.1 Å². The van der Waals surface area contributed by atoms with Crippen molar-refractivity contribution in [1.82, 2.24) is 24.8 Å². The molecule has 26 heavy (non-hydrogen) atoms. The summed E-state index contributed by atoms with van der Waals surface area (Å²) in [6.45, 7) is 4.37. The van der Waals surface area contributed by atoms with Gasteiger partial charge in [0.15, 0.2) is 5.52 Å². The fourth-order valence-corrected chi connectivity index (χ4v) is 4.29. The Hall–Kier alpha value is -2.37. The van der Waals surface area contributed by atoms with E-state index in [-0.39, 0.29) is 41.9 Å². The first-order valence-electron chi connectivity index (χ1n) is 8.13. The van der Waals surface area contributed by atoms with E-state index >= 15 is 0 Å². The molecule has 0 radical (unpaired) electrons. The van der Waals surface area contributed by atoms with E-state index in [1.165, 1.54) is 10.4 Å². The van der Waals surface area contributed by atoms with Crippen LogP contribution in [0.4, 0.5) is 0 Å². The molecule has 11 heteroatoms. The molecule has 0 spiro atoms. The Kier molecular flexibility index (Phi) is 4.21. The van der Waals surface area contributed by atoms with Gasteiger partial charge in [-0.3, -0.25) is 0 Å². The van der Waals surface area contributed by atoms with Crippen LogP contribution in [0.2, 0.25) is 0 Å². The van der Waals surface area contributed by atoms with Gasteiger partial charge in [0, 0.05) is 19.0 Å². The number of sulfonamides is 1. The van der Waals surface area contributed by atoms with Crippen molar-refractivity contribution in [2.45, 2.75) is 30.8 Å². The predicted octanol–water partition coefficient (Wildman–Crippen LogP) is 1.49. The normalized spacial score (nSPS) is 19.4. The van der Waals surface area contributed by atoms with Gasteiger partial charge in [-0.15, -0.1) is 10.2 Å². The molecule has 138 valence electrons. The van der Waals surface area contributed by atoms with Crippen molar-refractivity contribution in [3.05, 3.63) is 30.0 Å². The molecule has 0 saturated carbocycles. The summed E-state index contributed by atoms with van der Waals surface area (Å²) in [5.74, 6) is 0.842. The van der Waals surface area contributed by atoms with Crippen LogP contribution in [-0.2, 0) is 14.8 Å². The van der Waals surface area contributed by atoms with Crippen LogP contribution in [-0.4, -0.2) is 52.9 Å². The molecule has 0 aliphatic carbocycles. The summed E-state index contributed by atoms with van der Waals surface area (Å²) < 4.78 is 43.4. The molecule has 1 aliphatic rings. The first-order valence-corrected chi connectivity index (χ1v) is 9.57. The van der Waals surface area contributed by atoms with Gasteiger partial charge in [0.05, 0.1) is 6.61 Å². The Labute approximate surface area is 149 Å². The van der Waals surface area contributed by atoms with Gasteiger partial charge < -0.3 is 9.15 Å². The van der Waals surface area contributed by atoms with E-state index in [1.807, 2.05) is 13.8 Å². The molecule has 3 heterocycles. The maximum absolute atomic E-state index is 13.1. The summed E-state index contributed by atoms with van der Waals surface area (Å²) in [5, 5.41) is 15.4. The molecule has 2 aromatic heterocycles. The third kappa shape index (κ3) is 2.87. The van der Waals surface area contributed by atoms with Crippen LogP contribution in [0.5, 0.6) is 0 Å². The number of rotatable bonds is 4. The Morgan fingerprint density at radius 2 is 2.08 bits per heavy atom. The van der Waals surface area contributed by atoms with Gasteiger partial charge in [-0.25, -0.2) is 13.0 Å². The number of morpholine rings is 1. The largest absolute Gasteiger partial charge is 0.422 e. The molecule has 1 aliphatic heterocycles. The van der Waals surface area contributed by atoms with Crippen LogP contribution in [0.1, 0.15) is 37.7 Å². The second kappa shape index (κ2) is 6.41. The fraction of sp³-hybridized carbons (Fsp3) is 0.467. The summed E-state index contributed by atoms with van der Waals surface area (Å²) >= 11 is 0. The number of aromatic nitrogens is 4. The van der Waals surface area contributed by atoms with Gasteiger partial charge in [-0.2, -0.15) is 4.31 Å². The van der Waals surface area contributed by atoms with E-state index < -0.39 is 16.1 Å². The Morgan fingerprint density at radius 3 is 2.85 bits per heavy atom. The molecule has 0 bridgehead atoms. The van der Waals surface area contributed by atoms with Gasteiger partial charge in [-0.05, 0) is 22.4 Å². The summed E-state index contributed by atoms with van der Waals surface area (Å²) in [7, 11) is -3.81. The SMILES string of the molecule is CC(C)c1nnc([C@@H]2CN(S(=O)(=O)c3cccc4nonc34)CCO2)o1. The van der Waals surface area contributed by atoms with Crippen molar-refractivity contribution in [3.8, 4) is 0 Å². The molecular weight excluding hydrogens is 362 g/mol. The van der Waals surface area contributed by atoms with Crippen molar-refractivity contribution in [1.29, 1.82) is 0 Å². The molecule has 10 nitrogen and oxygen atoms in total. The fourth-order valence-electron chi connectivity index (χ4n) is 2.73. The lowest BCUT2D eigenvalue weighted by Gasteiger charge is -2.30. The molecule has 1 saturated heterocycles. The number of nitrogens with zero attached hydrogens (tertiary/aromatic N) is 5. The molecule has 4 rings (SSSR count). The van der Waals surface area contributed by atoms with Crippen molar-refractivity contribution < 1.29 is 22.2 Å². The molecular formula is C15H17N5O5S. The highest BCUT2D eigenvalue weighted by Crippen LogP contribution is 2.29. The van der Waals surface area contributed by atoms with Gasteiger partial charge in [-0.1, -0.05) is 19.9 Å². The van der Waals surface area contributed by atoms with Gasteiger partial charge in [0.1, 0.15) is 16.5 Å². The Morgan fingerprint density at radius 1 is 1.23 bits per heavy atom. The summed E-state index contributed by atoms with van der Waals surface area (Å²) in [6, 6.07) is 4.72. The molecule has 1 atom stereocenters. The van der Waals surface area contributed by atoms with Crippen molar-refractivity contribution in [3.63, 3.8) is 0 Å². The number of ether oxygens (including phenoxy) is 1. The second-order valence-corrected chi connectivity index (χ2v) is 8.15. The molecule has 3 aromatic rings. The Bertz CT molecular complexity index is 1030. The van der Waals surface area contributed by atoms with Crippen LogP contribution in [0, 0.1) is 0 Å².